The summed E-state index contributed by atoms with van der Waals surface area (Å²) in [6.45, 7) is 0.747. The Morgan fingerprint density at radius 1 is 1.00 bits per heavy atom. The van der Waals surface area contributed by atoms with Gasteiger partial charge in [-0.05, 0) is 46.9 Å². The minimum atomic E-state index is -0.896. The highest BCUT2D eigenvalue weighted by Crippen LogP contribution is 2.44. The maximum Gasteiger partial charge on any atom is 0.411 e. The molecule has 0 spiro atoms. The van der Waals surface area contributed by atoms with Crippen LogP contribution in [0.4, 0.5) is 10.5 Å². The van der Waals surface area contributed by atoms with Crippen LogP contribution in [0.2, 0.25) is 0 Å². The van der Waals surface area contributed by atoms with E-state index >= 15 is 0 Å². The fraction of sp³-hybridized carbons (Fsp3) is 0.222. The van der Waals surface area contributed by atoms with Crippen LogP contribution < -0.4 is 5.32 Å². The third kappa shape index (κ3) is 4.66. The van der Waals surface area contributed by atoms with E-state index in [1.807, 2.05) is 24.3 Å². The topological polar surface area (TPSA) is 95.9 Å². The van der Waals surface area contributed by atoms with Gasteiger partial charge in [0, 0.05) is 34.7 Å². The second-order valence-corrected chi connectivity index (χ2v) is 9.67. The number of aliphatic carboxylic acids is 1. The van der Waals surface area contributed by atoms with Crippen LogP contribution in [0.1, 0.15) is 33.8 Å². The molecule has 2 N–H and O–H groups in total. The molecule has 3 aromatic carbocycles. The van der Waals surface area contributed by atoms with Gasteiger partial charge in [0.2, 0.25) is 0 Å². The first-order valence-corrected chi connectivity index (χ1v) is 12.1. The first kappa shape index (κ1) is 23.1. The molecule has 0 saturated carbocycles. The van der Waals surface area contributed by atoms with Crippen molar-refractivity contribution in [2.24, 2.45) is 5.92 Å². The zero-order chi connectivity index (χ0) is 24.5. The molecule has 1 unspecified atom stereocenters. The summed E-state index contributed by atoms with van der Waals surface area (Å²) in [5.41, 5.74) is 5.33. The summed E-state index contributed by atoms with van der Waals surface area (Å²) in [5.74, 6) is -1.77. The predicted molar refractivity (Wildman–Crippen MR) is 134 cm³/mol. The van der Waals surface area contributed by atoms with Gasteiger partial charge >= 0.3 is 12.1 Å². The Balaban J connectivity index is 1.26. The largest absolute Gasteiger partial charge is 0.481 e. The number of benzene rings is 3. The minimum absolute atomic E-state index is 0.0508. The van der Waals surface area contributed by atoms with Gasteiger partial charge in [0.05, 0.1) is 5.92 Å². The first-order valence-electron chi connectivity index (χ1n) is 11.4. The van der Waals surface area contributed by atoms with Crippen LogP contribution in [0, 0.1) is 5.92 Å². The van der Waals surface area contributed by atoms with Crippen molar-refractivity contribution in [1.82, 2.24) is 4.90 Å². The molecule has 0 bridgehead atoms. The van der Waals surface area contributed by atoms with Crippen molar-refractivity contribution in [3.05, 3.63) is 87.9 Å². The lowest BCUT2D eigenvalue weighted by Crippen LogP contribution is -2.30. The van der Waals surface area contributed by atoms with E-state index in [-0.39, 0.29) is 25.0 Å². The van der Waals surface area contributed by atoms with Gasteiger partial charge in [-0.3, -0.25) is 14.9 Å². The minimum Gasteiger partial charge on any atom is -0.481 e. The summed E-state index contributed by atoms with van der Waals surface area (Å²) in [5, 5.41) is 11.9. The molecule has 5 rings (SSSR count). The number of hydrogen-bond acceptors (Lipinski definition) is 4. The molecule has 1 heterocycles. The van der Waals surface area contributed by atoms with E-state index in [1.165, 1.54) is 4.90 Å². The van der Waals surface area contributed by atoms with Crippen molar-refractivity contribution in [3.63, 3.8) is 0 Å². The molecule has 1 aliphatic carbocycles. The maximum absolute atomic E-state index is 12.9. The summed E-state index contributed by atoms with van der Waals surface area (Å²) in [7, 11) is 0. The van der Waals surface area contributed by atoms with Gasteiger partial charge in [-0.1, -0.05) is 64.5 Å². The molecule has 7 nitrogen and oxygen atoms in total. The van der Waals surface area contributed by atoms with Gasteiger partial charge < -0.3 is 14.7 Å². The number of nitrogens with one attached hydrogen (secondary N) is 1. The number of anilines is 1. The highest BCUT2D eigenvalue weighted by molar-refractivity contribution is 9.10. The molecule has 8 heteroatoms. The standard InChI is InChI=1S/C27H23BrN2O5/c28-18-11-17(25(31)30-10-9-16(14-30)26(32)33)12-19(13-18)29-27(34)35-15-24-22-7-3-1-5-20(22)21-6-2-4-8-23(21)24/h1-8,11-13,16,24H,9-10,14-15H2,(H,29,34)(H,32,33). The van der Waals surface area contributed by atoms with Gasteiger partial charge in [0.15, 0.2) is 0 Å². The molecule has 2 aliphatic rings. The number of hydrogen-bond donors (Lipinski definition) is 2. The highest BCUT2D eigenvalue weighted by Gasteiger charge is 2.32. The predicted octanol–water partition coefficient (Wildman–Crippen LogP) is 5.36. The van der Waals surface area contributed by atoms with Crippen molar-refractivity contribution >= 4 is 39.6 Å². The van der Waals surface area contributed by atoms with Crippen molar-refractivity contribution in [1.29, 1.82) is 0 Å². The fourth-order valence-corrected chi connectivity index (χ4v) is 5.36. The molecule has 0 radical (unpaired) electrons. The normalized spacial score (nSPS) is 16.5. The second kappa shape index (κ2) is 9.54. The number of likely N-dealkylation sites (tertiary alicyclic amines) is 1. The van der Waals surface area contributed by atoms with Gasteiger partial charge in [-0.15, -0.1) is 0 Å². The van der Waals surface area contributed by atoms with E-state index in [2.05, 4.69) is 45.5 Å². The summed E-state index contributed by atoms with van der Waals surface area (Å²) < 4.78 is 6.21. The Morgan fingerprint density at radius 2 is 1.66 bits per heavy atom. The fourth-order valence-electron chi connectivity index (χ4n) is 4.87. The molecular weight excluding hydrogens is 512 g/mol. The Kier molecular flexibility index (Phi) is 6.30. The van der Waals surface area contributed by atoms with Crippen LogP contribution >= 0.6 is 15.9 Å². The summed E-state index contributed by atoms with van der Waals surface area (Å²) in [6, 6.07) is 21.1. The van der Waals surface area contributed by atoms with Crippen molar-refractivity contribution in [2.75, 3.05) is 25.0 Å². The zero-order valence-corrected chi connectivity index (χ0v) is 20.3. The lowest BCUT2D eigenvalue weighted by atomic mass is 9.98. The Bertz CT molecular complexity index is 1280. The number of carbonyl (C=O) groups excluding carboxylic acids is 2. The van der Waals surface area contributed by atoms with Gasteiger partial charge in [0.1, 0.15) is 6.61 Å². The third-order valence-electron chi connectivity index (χ3n) is 6.56. The van der Waals surface area contributed by atoms with Gasteiger partial charge in [-0.2, -0.15) is 0 Å². The lowest BCUT2D eigenvalue weighted by Gasteiger charge is -2.17. The first-order chi connectivity index (χ1) is 16.9. The second-order valence-electron chi connectivity index (χ2n) is 8.75. The monoisotopic (exact) mass is 534 g/mol. The van der Waals surface area contributed by atoms with Crippen LogP contribution in [-0.4, -0.2) is 47.7 Å². The zero-order valence-electron chi connectivity index (χ0n) is 18.7. The smallest absolute Gasteiger partial charge is 0.411 e. The number of ether oxygens (including phenoxy) is 1. The molecule has 178 valence electrons. The van der Waals surface area contributed by atoms with Crippen LogP contribution in [0.3, 0.4) is 0 Å². The number of carboxylic acid groups (broad SMARTS) is 1. The van der Waals surface area contributed by atoms with Crippen molar-refractivity contribution in [2.45, 2.75) is 12.3 Å². The lowest BCUT2D eigenvalue weighted by molar-refractivity contribution is -0.141. The molecule has 35 heavy (non-hydrogen) atoms. The SMILES string of the molecule is O=C(Nc1cc(Br)cc(C(=O)N2CCC(C(=O)O)C2)c1)OCC1c2ccccc2-c2ccccc21. The molecule has 1 atom stereocenters. The Hall–Kier alpha value is -3.65. The summed E-state index contributed by atoms with van der Waals surface area (Å²) in [6.07, 6.45) is -0.185. The quantitative estimate of drug-likeness (QED) is 0.459. The number of amides is 2. The Labute approximate surface area is 210 Å². The maximum atomic E-state index is 12.9. The van der Waals surface area contributed by atoms with Crippen molar-refractivity contribution < 1.29 is 24.2 Å². The van der Waals surface area contributed by atoms with E-state index < -0.39 is 18.0 Å². The molecular formula is C27H23BrN2O5. The molecule has 1 saturated heterocycles. The number of carboxylic acids is 1. The Morgan fingerprint density at radius 3 is 2.29 bits per heavy atom. The average molecular weight is 535 g/mol. The summed E-state index contributed by atoms with van der Waals surface area (Å²) >= 11 is 3.39. The van der Waals surface area contributed by atoms with E-state index in [4.69, 9.17) is 4.74 Å². The van der Waals surface area contributed by atoms with Gasteiger partial charge in [0.25, 0.3) is 5.91 Å². The highest BCUT2D eigenvalue weighted by atomic mass is 79.9. The number of halogens is 1. The summed E-state index contributed by atoms with van der Waals surface area (Å²) in [4.78, 5) is 38.3. The van der Waals surface area contributed by atoms with E-state index in [1.54, 1.807) is 18.2 Å². The number of nitrogens with zero attached hydrogens (tertiary/aromatic N) is 1. The molecule has 1 fully saturated rings. The van der Waals surface area contributed by atoms with Crippen molar-refractivity contribution in [3.8, 4) is 11.1 Å². The average Bonchev–Trinajstić information content (AvgIpc) is 3.46. The number of rotatable bonds is 5. The van der Waals surface area contributed by atoms with Gasteiger partial charge in [-0.25, -0.2) is 4.79 Å². The molecule has 3 aromatic rings. The molecule has 2 amide bonds. The van der Waals surface area contributed by atoms with Crippen LogP contribution in [0.5, 0.6) is 0 Å². The van der Waals surface area contributed by atoms with Crippen LogP contribution in [0.25, 0.3) is 11.1 Å². The molecule has 0 aromatic heterocycles. The third-order valence-corrected chi connectivity index (χ3v) is 7.02. The van der Waals surface area contributed by atoms with E-state index in [9.17, 15) is 19.5 Å². The number of carbonyl (C=O) groups is 3. The van der Waals surface area contributed by atoms with Crippen LogP contribution in [0.15, 0.2) is 71.2 Å². The van der Waals surface area contributed by atoms with Crippen LogP contribution in [-0.2, 0) is 9.53 Å². The number of fused-ring (bicyclic) bond motifs is 3. The van der Waals surface area contributed by atoms with E-state index in [0.29, 0.717) is 28.7 Å². The molecule has 1 aliphatic heterocycles. The van der Waals surface area contributed by atoms with E-state index in [0.717, 1.165) is 22.3 Å².